The van der Waals surface area contributed by atoms with E-state index in [1.54, 1.807) is 0 Å². The molecule has 5 heteroatoms. The van der Waals surface area contributed by atoms with Crippen molar-refractivity contribution in [3.63, 3.8) is 0 Å². The maximum Gasteiger partial charge on any atom is 0.148 e. The summed E-state index contributed by atoms with van der Waals surface area (Å²) in [5.74, 6) is 1.57. The maximum atomic E-state index is 12.8. The standard InChI is InChI=1S/C76H70N3O.Pt/c1-74(2,3)62-46-57(45-58(47-62)68-48-56(41-42-77-68)53-36-38-61(39-37-53)76(7,59-29-16-10-17-30-59)60-31-18-11-19-32-60)64-33-22-34-70-71(64)78-73(67-50-63(75(4,5)6)49-66(72(67)80)55-27-14-9-15-28-55)79(70)69-40-35-52(43-51-23-20-21-24-51)44-65(69)54-25-12-8-13-26-54;/h8-19,22,25-42,44,46-51,80H,20-21,23-24,43H2,1-7H3;/q-1;. The van der Waals surface area contributed by atoms with Gasteiger partial charge in [0.2, 0.25) is 0 Å². The first-order chi connectivity index (χ1) is 38.7. The zero-order valence-electron chi connectivity index (χ0n) is 47.6. The summed E-state index contributed by atoms with van der Waals surface area (Å²) in [7, 11) is 0. The average molecular weight is 1240 g/mol. The fourth-order valence-electron chi connectivity index (χ4n) is 12.2. The first-order valence-corrected chi connectivity index (χ1v) is 28.6. The zero-order chi connectivity index (χ0) is 55.2. The summed E-state index contributed by atoms with van der Waals surface area (Å²) in [6, 6.07) is 82.3. The van der Waals surface area contributed by atoms with Crippen molar-refractivity contribution in [2.75, 3.05) is 0 Å². The van der Waals surface area contributed by atoms with E-state index in [-0.39, 0.29) is 43.1 Å². The molecule has 4 nitrogen and oxygen atoms in total. The van der Waals surface area contributed by atoms with Gasteiger partial charge in [0.1, 0.15) is 11.6 Å². The molecule has 1 fully saturated rings. The van der Waals surface area contributed by atoms with Crippen molar-refractivity contribution in [2.24, 2.45) is 5.92 Å². The molecule has 406 valence electrons. The summed E-state index contributed by atoms with van der Waals surface area (Å²) in [6.45, 7) is 15.8. The van der Waals surface area contributed by atoms with Crippen LogP contribution >= 0.6 is 0 Å². The number of imidazole rings is 1. The molecule has 0 amide bonds. The molecular formula is C76H70N3OPt-. The Morgan fingerprint density at radius 2 is 1.04 bits per heavy atom. The van der Waals surface area contributed by atoms with Crippen molar-refractivity contribution < 1.29 is 26.2 Å². The minimum Gasteiger partial charge on any atom is -0.507 e. The molecule has 0 spiro atoms. The van der Waals surface area contributed by atoms with Gasteiger partial charge in [-0.15, -0.1) is 29.3 Å². The molecule has 1 aliphatic rings. The number of rotatable bonds is 12. The van der Waals surface area contributed by atoms with Crippen molar-refractivity contribution in [3.05, 3.63) is 264 Å². The average Bonchev–Trinajstić information content (AvgIpc) is 4.39. The van der Waals surface area contributed by atoms with Crippen LogP contribution < -0.4 is 0 Å². The first-order valence-electron chi connectivity index (χ1n) is 28.6. The number of fused-ring (bicyclic) bond motifs is 1. The third kappa shape index (κ3) is 10.9. The van der Waals surface area contributed by atoms with Crippen LogP contribution in [0.1, 0.15) is 108 Å². The number of hydrogen-bond acceptors (Lipinski definition) is 3. The number of aromatic hydroxyl groups is 1. The molecule has 2 aromatic heterocycles. The summed E-state index contributed by atoms with van der Waals surface area (Å²) in [5, 5.41) is 12.8. The van der Waals surface area contributed by atoms with Gasteiger partial charge in [-0.3, -0.25) is 9.55 Å². The molecule has 0 unspecified atom stereocenters. The minimum absolute atomic E-state index is 0. The van der Waals surface area contributed by atoms with Crippen LogP contribution in [0.2, 0.25) is 0 Å². The fraction of sp³-hybridized carbons (Fsp3) is 0.211. The molecule has 81 heavy (non-hydrogen) atoms. The van der Waals surface area contributed by atoms with Crippen LogP contribution in [-0.4, -0.2) is 19.6 Å². The van der Waals surface area contributed by atoms with E-state index in [1.165, 1.54) is 53.5 Å². The molecule has 1 N–H and O–H groups in total. The van der Waals surface area contributed by atoms with E-state index in [0.29, 0.717) is 17.3 Å². The zero-order valence-corrected chi connectivity index (χ0v) is 49.9. The largest absolute Gasteiger partial charge is 0.507 e. The maximum absolute atomic E-state index is 12.8. The Labute approximate surface area is 494 Å². The van der Waals surface area contributed by atoms with Gasteiger partial charge in [0.05, 0.1) is 22.3 Å². The molecule has 11 aromatic rings. The Morgan fingerprint density at radius 1 is 0.481 bits per heavy atom. The number of hydrogen-bond donors (Lipinski definition) is 1. The van der Waals surface area contributed by atoms with Gasteiger partial charge in [-0.05, 0) is 117 Å². The number of benzene rings is 9. The molecule has 0 atom stereocenters. The van der Waals surface area contributed by atoms with Crippen molar-refractivity contribution in [1.29, 1.82) is 0 Å². The van der Waals surface area contributed by atoms with Crippen molar-refractivity contribution in [1.82, 2.24) is 14.5 Å². The van der Waals surface area contributed by atoms with Gasteiger partial charge in [-0.25, -0.2) is 4.98 Å². The third-order valence-corrected chi connectivity index (χ3v) is 16.9. The predicted octanol–water partition coefficient (Wildman–Crippen LogP) is 19.6. The van der Waals surface area contributed by atoms with Crippen LogP contribution in [-0.2, 0) is 43.7 Å². The van der Waals surface area contributed by atoms with Crippen LogP contribution in [0.4, 0.5) is 0 Å². The number of phenols is 1. The van der Waals surface area contributed by atoms with E-state index < -0.39 is 0 Å². The van der Waals surface area contributed by atoms with Crippen molar-refractivity contribution in [2.45, 2.75) is 96.8 Å². The summed E-state index contributed by atoms with van der Waals surface area (Å²) in [5.41, 5.74) is 19.9. The SMILES string of the molecule is CC(C)(C)c1cc(-c2cc(-c3ccc(C(C)(c4ccccc4)c4ccccc4)cc3)ccn2)[c-]c(-c2cccc3c2nc(-c2cc(C(C)(C)C)cc(-c4ccccc4)c2O)n3-c2ccc(CC3CCCC3)cc2-c2ccccc2)c1.[Pt]. The van der Waals surface area contributed by atoms with E-state index >= 15 is 0 Å². The van der Waals surface area contributed by atoms with Crippen LogP contribution in [0.25, 0.3) is 83.9 Å². The van der Waals surface area contributed by atoms with E-state index in [1.807, 2.05) is 24.4 Å². The number of aromatic nitrogens is 3. The Hall–Kier alpha value is -7.91. The predicted molar refractivity (Wildman–Crippen MR) is 333 cm³/mol. The van der Waals surface area contributed by atoms with Crippen LogP contribution in [0, 0.1) is 12.0 Å². The van der Waals surface area contributed by atoms with Gasteiger partial charge >= 0.3 is 0 Å². The molecule has 12 rings (SSSR count). The number of pyridine rings is 1. The first kappa shape index (κ1) is 55.0. The van der Waals surface area contributed by atoms with E-state index in [4.69, 9.17) is 9.97 Å². The van der Waals surface area contributed by atoms with E-state index in [2.05, 4.69) is 259 Å². The van der Waals surface area contributed by atoms with Crippen molar-refractivity contribution >= 4 is 11.0 Å². The van der Waals surface area contributed by atoms with Crippen molar-refractivity contribution in [3.8, 4) is 78.6 Å². The second-order valence-electron chi connectivity index (χ2n) is 24.4. The van der Waals surface area contributed by atoms with Gasteiger partial charge in [0, 0.05) is 49.5 Å². The Bertz CT molecular complexity index is 3960. The number of phenolic OH excluding ortho intramolecular Hbond substituents is 1. The Morgan fingerprint density at radius 3 is 1.65 bits per heavy atom. The van der Waals surface area contributed by atoms with E-state index in [0.717, 1.165) is 84.5 Å². The fourth-order valence-corrected chi connectivity index (χ4v) is 12.2. The van der Waals surface area contributed by atoms with Gasteiger partial charge in [-0.1, -0.05) is 248 Å². The molecular weight excluding hydrogens is 1170 g/mol. The molecule has 0 bridgehead atoms. The smallest absolute Gasteiger partial charge is 0.148 e. The second kappa shape index (κ2) is 22.6. The molecule has 1 aliphatic carbocycles. The number of nitrogens with zero attached hydrogens (tertiary/aromatic N) is 3. The number of para-hydroxylation sites is 1. The molecule has 1 saturated carbocycles. The molecule has 9 aromatic carbocycles. The van der Waals surface area contributed by atoms with Crippen LogP contribution in [0.3, 0.4) is 0 Å². The van der Waals surface area contributed by atoms with Crippen LogP contribution in [0.15, 0.2) is 225 Å². The Kier molecular flexibility index (Phi) is 15.3. The quantitative estimate of drug-likeness (QED) is 0.0980. The molecule has 2 heterocycles. The topological polar surface area (TPSA) is 50.9 Å². The summed E-state index contributed by atoms with van der Waals surface area (Å²) in [4.78, 5) is 10.8. The normalized spacial score (nSPS) is 13.1. The minimum atomic E-state index is -0.339. The second-order valence-corrected chi connectivity index (χ2v) is 24.4. The summed E-state index contributed by atoms with van der Waals surface area (Å²) in [6.07, 6.45) is 8.17. The Balaban J connectivity index is 0.00000690. The van der Waals surface area contributed by atoms with Crippen LogP contribution in [0.5, 0.6) is 5.75 Å². The molecule has 0 saturated heterocycles. The van der Waals surface area contributed by atoms with E-state index in [9.17, 15) is 5.11 Å². The molecule has 0 radical (unpaired) electrons. The van der Waals surface area contributed by atoms with Gasteiger partial charge in [0.15, 0.2) is 0 Å². The van der Waals surface area contributed by atoms with Gasteiger partial charge in [-0.2, -0.15) is 0 Å². The van der Waals surface area contributed by atoms with Gasteiger partial charge in [0.25, 0.3) is 0 Å². The summed E-state index contributed by atoms with van der Waals surface area (Å²) < 4.78 is 2.31. The summed E-state index contributed by atoms with van der Waals surface area (Å²) >= 11 is 0. The monoisotopic (exact) mass is 1240 g/mol. The third-order valence-electron chi connectivity index (χ3n) is 16.9. The van der Waals surface area contributed by atoms with Gasteiger partial charge < -0.3 is 5.11 Å². The molecule has 0 aliphatic heterocycles.